The zero-order chi connectivity index (χ0) is 15.0. The third kappa shape index (κ3) is 6.29. The topological polar surface area (TPSA) is 38.3 Å². The summed E-state index contributed by atoms with van der Waals surface area (Å²) in [6.45, 7) is 4.96. The van der Waals surface area contributed by atoms with Crippen LogP contribution in [0.2, 0.25) is 0 Å². The molecule has 0 aliphatic carbocycles. The zero-order valence-corrected chi connectivity index (χ0v) is 13.3. The maximum Gasteiger partial charge on any atom is 0.224 e. The first kappa shape index (κ1) is 16.8. The van der Waals surface area contributed by atoms with Gasteiger partial charge in [0.1, 0.15) is 5.75 Å². The summed E-state index contributed by atoms with van der Waals surface area (Å²) >= 11 is 5.71. The molecule has 0 aromatic heterocycles. The number of alkyl halides is 1. The van der Waals surface area contributed by atoms with Crippen LogP contribution in [-0.2, 0) is 11.2 Å². The summed E-state index contributed by atoms with van der Waals surface area (Å²) < 4.78 is 5.15. The van der Waals surface area contributed by atoms with Gasteiger partial charge in [-0.15, -0.1) is 11.6 Å². The Bertz CT molecular complexity index is 432. The van der Waals surface area contributed by atoms with Crippen molar-refractivity contribution in [1.82, 2.24) is 5.32 Å². The van der Waals surface area contributed by atoms with E-state index < -0.39 is 0 Å². The van der Waals surface area contributed by atoms with Gasteiger partial charge in [-0.1, -0.05) is 26.0 Å². The lowest BCUT2D eigenvalue weighted by molar-refractivity contribution is -0.120. The number of rotatable bonds is 8. The summed E-state index contributed by atoms with van der Waals surface area (Å²) in [5.41, 5.74) is 1.04. The van der Waals surface area contributed by atoms with E-state index in [2.05, 4.69) is 19.2 Å². The summed E-state index contributed by atoms with van der Waals surface area (Å²) in [6, 6.07) is 7.58. The molecular weight excluding hydrogens is 274 g/mol. The van der Waals surface area contributed by atoms with E-state index in [9.17, 15) is 4.79 Å². The van der Waals surface area contributed by atoms with Gasteiger partial charge in [0, 0.05) is 12.4 Å². The fourth-order valence-electron chi connectivity index (χ4n) is 2.00. The minimum absolute atomic E-state index is 0.0391. The molecule has 0 radical (unpaired) electrons. The number of nitrogens with one attached hydrogen (secondary N) is 1. The number of amides is 1. The van der Waals surface area contributed by atoms with E-state index in [0.717, 1.165) is 24.2 Å². The van der Waals surface area contributed by atoms with Gasteiger partial charge in [-0.2, -0.15) is 0 Å². The first-order valence-electron chi connectivity index (χ1n) is 6.92. The first-order valence-corrected chi connectivity index (χ1v) is 7.46. The highest BCUT2D eigenvalue weighted by Gasteiger charge is 2.18. The maximum absolute atomic E-state index is 12.0. The Balaban J connectivity index is 2.43. The van der Waals surface area contributed by atoms with Crippen LogP contribution in [0.3, 0.4) is 0 Å². The highest BCUT2D eigenvalue weighted by molar-refractivity contribution is 6.17. The van der Waals surface area contributed by atoms with Gasteiger partial charge in [-0.3, -0.25) is 4.79 Å². The van der Waals surface area contributed by atoms with Crippen LogP contribution in [0.25, 0.3) is 0 Å². The molecule has 1 aromatic rings. The number of hydrogen-bond acceptors (Lipinski definition) is 2. The van der Waals surface area contributed by atoms with E-state index in [4.69, 9.17) is 16.3 Å². The normalized spacial score (nSPS) is 11.2. The molecule has 3 nitrogen and oxygen atoms in total. The van der Waals surface area contributed by atoms with Crippen LogP contribution in [0.4, 0.5) is 0 Å². The smallest absolute Gasteiger partial charge is 0.224 e. The summed E-state index contributed by atoms with van der Waals surface area (Å²) in [6.07, 6.45) is 2.36. The quantitative estimate of drug-likeness (QED) is 0.747. The fourth-order valence-corrected chi connectivity index (χ4v) is 2.14. The van der Waals surface area contributed by atoms with Crippen molar-refractivity contribution < 1.29 is 9.53 Å². The molecule has 0 unspecified atom stereocenters. The van der Waals surface area contributed by atoms with Gasteiger partial charge in [0.15, 0.2) is 0 Å². The van der Waals surface area contributed by atoms with Crippen molar-refractivity contribution in [3.63, 3.8) is 0 Å². The zero-order valence-electron chi connectivity index (χ0n) is 12.5. The van der Waals surface area contributed by atoms with Crippen LogP contribution in [0.15, 0.2) is 24.3 Å². The minimum Gasteiger partial charge on any atom is -0.497 e. The van der Waals surface area contributed by atoms with Crippen molar-refractivity contribution in [3.8, 4) is 5.75 Å². The van der Waals surface area contributed by atoms with Crippen LogP contribution in [-0.4, -0.2) is 25.4 Å². The van der Waals surface area contributed by atoms with E-state index in [1.807, 2.05) is 24.3 Å². The number of methoxy groups -OCH3 is 1. The largest absolute Gasteiger partial charge is 0.497 e. The minimum atomic E-state index is 0.0391. The molecule has 1 rings (SSSR count). The van der Waals surface area contributed by atoms with Crippen molar-refractivity contribution in [3.05, 3.63) is 29.8 Å². The molecule has 0 bridgehead atoms. The predicted molar refractivity (Wildman–Crippen MR) is 83.4 cm³/mol. The lowest BCUT2D eigenvalue weighted by atomic mass is 9.88. The molecule has 0 aliphatic rings. The van der Waals surface area contributed by atoms with Gasteiger partial charge in [0.2, 0.25) is 5.91 Å². The van der Waals surface area contributed by atoms with Gasteiger partial charge in [0.25, 0.3) is 0 Å². The average Bonchev–Trinajstić information content (AvgIpc) is 2.43. The van der Waals surface area contributed by atoms with Crippen LogP contribution < -0.4 is 10.1 Å². The van der Waals surface area contributed by atoms with Crippen LogP contribution in [0.5, 0.6) is 5.75 Å². The molecule has 1 aromatic carbocycles. The Morgan fingerprint density at radius 2 is 2.15 bits per heavy atom. The second-order valence-corrected chi connectivity index (χ2v) is 6.14. The van der Waals surface area contributed by atoms with Gasteiger partial charge >= 0.3 is 0 Å². The molecule has 0 atom stereocenters. The molecule has 0 aliphatic heterocycles. The van der Waals surface area contributed by atoms with Crippen molar-refractivity contribution in [2.45, 2.75) is 33.1 Å². The lowest BCUT2D eigenvalue weighted by Crippen LogP contribution is -2.34. The predicted octanol–water partition coefficient (Wildman–Crippen LogP) is 3.40. The van der Waals surface area contributed by atoms with Gasteiger partial charge in [0.05, 0.1) is 13.5 Å². The molecule has 0 saturated carbocycles. The molecule has 0 saturated heterocycles. The van der Waals surface area contributed by atoms with Gasteiger partial charge < -0.3 is 10.1 Å². The molecule has 20 heavy (non-hydrogen) atoms. The van der Waals surface area contributed by atoms with Crippen LogP contribution in [0, 0.1) is 5.41 Å². The Hall–Kier alpha value is -1.22. The Morgan fingerprint density at radius 1 is 1.40 bits per heavy atom. The number of benzene rings is 1. The van der Waals surface area contributed by atoms with Crippen LogP contribution in [0.1, 0.15) is 32.3 Å². The van der Waals surface area contributed by atoms with Crippen molar-refractivity contribution >= 4 is 17.5 Å². The van der Waals surface area contributed by atoms with Crippen LogP contribution >= 0.6 is 11.6 Å². The molecule has 4 heteroatoms. The maximum atomic E-state index is 12.0. The monoisotopic (exact) mass is 297 g/mol. The number of hydrogen-bond donors (Lipinski definition) is 1. The lowest BCUT2D eigenvalue weighted by Gasteiger charge is -2.24. The highest BCUT2D eigenvalue weighted by Crippen LogP contribution is 2.21. The van der Waals surface area contributed by atoms with E-state index in [-0.39, 0.29) is 11.3 Å². The highest BCUT2D eigenvalue weighted by atomic mass is 35.5. The summed E-state index contributed by atoms with van der Waals surface area (Å²) in [5, 5.41) is 2.99. The van der Waals surface area contributed by atoms with E-state index in [1.165, 1.54) is 0 Å². The third-order valence-corrected chi connectivity index (χ3v) is 3.52. The second kappa shape index (κ2) is 8.15. The van der Waals surface area contributed by atoms with Crippen molar-refractivity contribution in [1.29, 1.82) is 0 Å². The molecule has 0 fully saturated rings. The summed E-state index contributed by atoms with van der Waals surface area (Å²) in [4.78, 5) is 12.0. The SMILES string of the molecule is COc1cccc(CC(=O)NCC(C)(C)CCCCl)c1. The Kier molecular flexibility index (Phi) is 6.86. The van der Waals surface area contributed by atoms with Gasteiger partial charge in [-0.25, -0.2) is 0 Å². The number of carbonyl (C=O) groups is 1. The second-order valence-electron chi connectivity index (χ2n) is 5.76. The van der Waals surface area contributed by atoms with Crippen molar-refractivity contribution in [2.75, 3.05) is 19.5 Å². The summed E-state index contributed by atoms with van der Waals surface area (Å²) in [7, 11) is 1.62. The standard InChI is InChI=1S/C16H24ClNO2/c1-16(2,8-5-9-17)12-18-15(19)11-13-6-4-7-14(10-13)20-3/h4,6-7,10H,5,8-9,11-12H2,1-3H3,(H,18,19). The third-order valence-electron chi connectivity index (χ3n) is 3.25. The number of ether oxygens (including phenoxy) is 1. The number of halogens is 1. The Morgan fingerprint density at radius 3 is 2.80 bits per heavy atom. The number of carbonyl (C=O) groups excluding carboxylic acids is 1. The van der Waals surface area contributed by atoms with Gasteiger partial charge in [-0.05, 0) is 36.0 Å². The summed E-state index contributed by atoms with van der Waals surface area (Å²) in [5.74, 6) is 1.48. The molecule has 112 valence electrons. The molecule has 0 heterocycles. The molecular formula is C16H24ClNO2. The fraction of sp³-hybridized carbons (Fsp3) is 0.562. The van der Waals surface area contributed by atoms with E-state index in [1.54, 1.807) is 7.11 Å². The van der Waals surface area contributed by atoms with Crippen molar-refractivity contribution in [2.24, 2.45) is 5.41 Å². The first-order chi connectivity index (χ1) is 9.46. The van der Waals surface area contributed by atoms with E-state index in [0.29, 0.717) is 18.8 Å². The van der Waals surface area contributed by atoms with E-state index >= 15 is 0 Å². The average molecular weight is 298 g/mol. The molecule has 1 N–H and O–H groups in total. The Labute approximate surface area is 126 Å². The molecule has 1 amide bonds. The molecule has 0 spiro atoms.